The summed E-state index contributed by atoms with van der Waals surface area (Å²) in [5.41, 5.74) is 0.965. The molecule has 0 N–H and O–H groups in total. The van der Waals surface area contributed by atoms with E-state index in [1.807, 2.05) is 17.0 Å². The second kappa shape index (κ2) is 10.5. The number of benzene rings is 2. The van der Waals surface area contributed by atoms with Crippen molar-refractivity contribution in [3.8, 4) is 0 Å². The first-order chi connectivity index (χ1) is 15.8. The minimum Gasteiger partial charge on any atom is -0.368 e. The molecule has 178 valence electrons. The second-order valence-electron chi connectivity index (χ2n) is 8.80. The number of alkyl halides is 3. The van der Waals surface area contributed by atoms with Crippen molar-refractivity contribution >= 4 is 17.5 Å². The molecule has 33 heavy (non-hydrogen) atoms. The van der Waals surface area contributed by atoms with Crippen LogP contribution in [0.1, 0.15) is 42.1 Å². The number of hydrogen-bond acceptors (Lipinski definition) is 3. The maximum Gasteiger partial charge on any atom is 0.416 e. The number of piperazine rings is 1. The Bertz CT molecular complexity index is 922. The molecule has 2 aromatic carbocycles. The third-order valence-electron chi connectivity index (χ3n) is 6.54. The lowest BCUT2D eigenvalue weighted by molar-refractivity contribution is -0.140. The maximum atomic E-state index is 12.8. The molecule has 0 aromatic heterocycles. The van der Waals surface area contributed by atoms with Gasteiger partial charge in [0, 0.05) is 43.7 Å². The molecule has 0 bridgehead atoms. The fourth-order valence-corrected chi connectivity index (χ4v) is 4.34. The molecule has 1 aliphatic carbocycles. The smallest absolute Gasteiger partial charge is 0.368 e. The standard InChI is InChI=1S/C25H28ClF3N2O2/c26-22-10-6-19(7-11-22)23(33-17-18-4-8-21(9-5-18)25(27,28)29)16-30-12-14-31(15-13-30)24(32)20-2-1-3-20/h4-11,20,23H,1-3,12-17H2/t23-/m0/s1. The molecule has 1 aliphatic heterocycles. The van der Waals surface area contributed by atoms with Crippen LogP contribution in [-0.4, -0.2) is 48.4 Å². The lowest BCUT2D eigenvalue weighted by atomic mass is 9.84. The van der Waals surface area contributed by atoms with Crippen LogP contribution < -0.4 is 0 Å². The fourth-order valence-electron chi connectivity index (χ4n) is 4.22. The number of amides is 1. The van der Waals surface area contributed by atoms with Gasteiger partial charge >= 0.3 is 6.18 Å². The van der Waals surface area contributed by atoms with E-state index < -0.39 is 11.7 Å². The molecular weight excluding hydrogens is 453 g/mol. The number of nitrogens with zero attached hydrogens (tertiary/aromatic N) is 2. The van der Waals surface area contributed by atoms with Gasteiger partial charge in [0.05, 0.1) is 18.3 Å². The van der Waals surface area contributed by atoms with Gasteiger partial charge in [0.25, 0.3) is 0 Å². The average molecular weight is 481 g/mol. The normalized spacial score (nSPS) is 18.7. The van der Waals surface area contributed by atoms with Crippen LogP contribution >= 0.6 is 11.6 Å². The maximum absolute atomic E-state index is 12.8. The van der Waals surface area contributed by atoms with Crippen molar-refractivity contribution in [2.24, 2.45) is 5.92 Å². The number of ether oxygens (including phenoxy) is 1. The van der Waals surface area contributed by atoms with Crippen molar-refractivity contribution < 1.29 is 22.7 Å². The third kappa shape index (κ3) is 6.28. The summed E-state index contributed by atoms with van der Waals surface area (Å²) >= 11 is 6.04. The number of hydrogen-bond donors (Lipinski definition) is 0. The summed E-state index contributed by atoms with van der Waals surface area (Å²) in [7, 11) is 0. The molecule has 0 spiro atoms. The molecule has 1 saturated heterocycles. The van der Waals surface area contributed by atoms with E-state index in [2.05, 4.69) is 4.90 Å². The van der Waals surface area contributed by atoms with Crippen molar-refractivity contribution in [1.29, 1.82) is 0 Å². The van der Waals surface area contributed by atoms with Gasteiger partial charge in [-0.15, -0.1) is 0 Å². The minimum absolute atomic E-state index is 0.200. The number of rotatable bonds is 7. The number of carbonyl (C=O) groups excluding carboxylic acids is 1. The van der Waals surface area contributed by atoms with Gasteiger partial charge in [-0.2, -0.15) is 13.2 Å². The fraction of sp³-hybridized carbons (Fsp3) is 0.480. The molecule has 1 atom stereocenters. The van der Waals surface area contributed by atoms with Gasteiger partial charge < -0.3 is 9.64 Å². The van der Waals surface area contributed by atoms with E-state index in [9.17, 15) is 18.0 Å². The number of halogens is 4. The van der Waals surface area contributed by atoms with E-state index in [-0.39, 0.29) is 24.5 Å². The van der Waals surface area contributed by atoms with Crippen LogP contribution in [0.2, 0.25) is 5.02 Å². The summed E-state index contributed by atoms with van der Waals surface area (Å²) in [5, 5.41) is 0.628. The lowest BCUT2D eigenvalue weighted by Crippen LogP contribution is -2.51. The highest BCUT2D eigenvalue weighted by Gasteiger charge is 2.32. The molecule has 2 fully saturated rings. The summed E-state index contributed by atoms with van der Waals surface area (Å²) in [6.45, 7) is 3.79. The van der Waals surface area contributed by atoms with Crippen LogP contribution in [0.15, 0.2) is 48.5 Å². The van der Waals surface area contributed by atoms with E-state index in [4.69, 9.17) is 16.3 Å². The first-order valence-electron chi connectivity index (χ1n) is 11.3. The Balaban J connectivity index is 1.37. The average Bonchev–Trinajstić information content (AvgIpc) is 2.76. The Hall–Kier alpha value is -2.09. The van der Waals surface area contributed by atoms with E-state index in [1.54, 1.807) is 12.1 Å². The molecule has 1 heterocycles. The van der Waals surface area contributed by atoms with Gasteiger partial charge in [0.1, 0.15) is 0 Å². The molecule has 2 aliphatic rings. The predicted molar refractivity (Wildman–Crippen MR) is 121 cm³/mol. The van der Waals surface area contributed by atoms with Crippen molar-refractivity contribution in [2.45, 2.75) is 38.1 Å². The largest absolute Gasteiger partial charge is 0.416 e. The highest BCUT2D eigenvalue weighted by molar-refractivity contribution is 6.30. The third-order valence-corrected chi connectivity index (χ3v) is 6.79. The van der Waals surface area contributed by atoms with E-state index in [1.165, 1.54) is 12.1 Å². The zero-order valence-corrected chi connectivity index (χ0v) is 19.1. The van der Waals surface area contributed by atoms with E-state index >= 15 is 0 Å². The molecule has 2 aromatic rings. The quantitative estimate of drug-likeness (QED) is 0.520. The van der Waals surface area contributed by atoms with Crippen molar-refractivity contribution in [3.05, 3.63) is 70.2 Å². The summed E-state index contributed by atoms with van der Waals surface area (Å²) in [5.74, 6) is 0.499. The van der Waals surface area contributed by atoms with Gasteiger partial charge in [0.2, 0.25) is 5.91 Å². The molecule has 0 unspecified atom stereocenters. The van der Waals surface area contributed by atoms with Crippen LogP contribution in [-0.2, 0) is 22.3 Å². The van der Waals surface area contributed by atoms with Gasteiger partial charge in [-0.25, -0.2) is 0 Å². The van der Waals surface area contributed by atoms with Crippen molar-refractivity contribution in [1.82, 2.24) is 9.80 Å². The molecule has 1 amide bonds. The van der Waals surface area contributed by atoms with Crippen LogP contribution in [0, 0.1) is 5.92 Å². The van der Waals surface area contributed by atoms with Crippen LogP contribution in [0.3, 0.4) is 0 Å². The second-order valence-corrected chi connectivity index (χ2v) is 9.24. The molecule has 4 nitrogen and oxygen atoms in total. The topological polar surface area (TPSA) is 32.8 Å². The first kappa shape index (κ1) is 24.0. The first-order valence-corrected chi connectivity index (χ1v) is 11.7. The van der Waals surface area contributed by atoms with Crippen molar-refractivity contribution in [3.63, 3.8) is 0 Å². The van der Waals surface area contributed by atoms with Crippen LogP contribution in [0.5, 0.6) is 0 Å². The van der Waals surface area contributed by atoms with E-state index in [0.29, 0.717) is 30.2 Å². The molecular formula is C25H28ClF3N2O2. The highest BCUT2D eigenvalue weighted by atomic mass is 35.5. The number of carbonyl (C=O) groups is 1. The zero-order chi connectivity index (χ0) is 23.4. The monoisotopic (exact) mass is 480 g/mol. The highest BCUT2D eigenvalue weighted by Crippen LogP contribution is 2.30. The summed E-state index contributed by atoms with van der Waals surface area (Å²) in [6.07, 6.45) is -1.45. The minimum atomic E-state index is -4.35. The Morgan fingerprint density at radius 3 is 2.18 bits per heavy atom. The summed E-state index contributed by atoms with van der Waals surface area (Å²) < 4.78 is 44.6. The van der Waals surface area contributed by atoms with E-state index in [0.717, 1.165) is 50.0 Å². The summed E-state index contributed by atoms with van der Waals surface area (Å²) in [6, 6.07) is 12.5. The molecule has 0 radical (unpaired) electrons. The predicted octanol–water partition coefficient (Wildman–Crippen LogP) is 5.56. The van der Waals surface area contributed by atoms with Gasteiger partial charge in [-0.05, 0) is 48.2 Å². The molecule has 8 heteroatoms. The summed E-state index contributed by atoms with van der Waals surface area (Å²) in [4.78, 5) is 16.8. The van der Waals surface area contributed by atoms with Gasteiger partial charge in [-0.1, -0.05) is 42.3 Å². The Kier molecular flexibility index (Phi) is 7.62. The molecule has 1 saturated carbocycles. The van der Waals surface area contributed by atoms with Crippen LogP contribution in [0.4, 0.5) is 13.2 Å². The zero-order valence-electron chi connectivity index (χ0n) is 18.4. The Morgan fingerprint density at radius 2 is 1.64 bits per heavy atom. The molecule has 4 rings (SSSR count). The Labute approximate surface area is 197 Å². The van der Waals surface area contributed by atoms with Gasteiger partial charge in [-0.3, -0.25) is 9.69 Å². The van der Waals surface area contributed by atoms with Gasteiger partial charge in [0.15, 0.2) is 0 Å². The lowest BCUT2D eigenvalue weighted by Gasteiger charge is -2.39. The SMILES string of the molecule is O=C(C1CCC1)N1CCN(C[C@H](OCc2ccc(C(F)(F)F)cc2)c2ccc(Cl)cc2)CC1. The van der Waals surface area contributed by atoms with Crippen molar-refractivity contribution in [2.75, 3.05) is 32.7 Å². The Morgan fingerprint density at radius 1 is 1.00 bits per heavy atom. The van der Waals surface area contributed by atoms with Crippen LogP contribution in [0.25, 0.3) is 0 Å².